The number of hydrogen-bond acceptors (Lipinski definition) is 4. The molecule has 0 aliphatic heterocycles. The van der Waals surface area contributed by atoms with Gasteiger partial charge in [-0.1, -0.05) is 6.07 Å². The minimum absolute atomic E-state index is 0.00328. The highest BCUT2D eigenvalue weighted by Crippen LogP contribution is 2.29. The molecule has 0 amide bonds. The van der Waals surface area contributed by atoms with Crippen molar-refractivity contribution in [3.05, 3.63) is 33.9 Å². The van der Waals surface area contributed by atoms with Crippen LogP contribution < -0.4 is 4.90 Å². The third-order valence-electron chi connectivity index (χ3n) is 2.71. The molecule has 0 aliphatic carbocycles. The van der Waals surface area contributed by atoms with Gasteiger partial charge in [0.25, 0.3) is 5.69 Å². The van der Waals surface area contributed by atoms with Crippen molar-refractivity contribution in [2.45, 2.75) is 26.8 Å². The number of anilines is 1. The molecule has 1 aromatic carbocycles. The maximum absolute atomic E-state index is 10.9. The fourth-order valence-corrected chi connectivity index (χ4v) is 1.81. The number of nitro groups is 1. The molecule has 0 saturated heterocycles. The van der Waals surface area contributed by atoms with Crippen LogP contribution in [0.2, 0.25) is 0 Å². The van der Waals surface area contributed by atoms with E-state index in [1.165, 1.54) is 6.07 Å². The number of aliphatic carboxylic acids is 1. The van der Waals surface area contributed by atoms with Gasteiger partial charge in [-0.25, -0.2) is 0 Å². The van der Waals surface area contributed by atoms with Crippen molar-refractivity contribution in [3.63, 3.8) is 0 Å². The van der Waals surface area contributed by atoms with Crippen LogP contribution in [0, 0.1) is 17.0 Å². The van der Waals surface area contributed by atoms with Gasteiger partial charge in [-0.05, 0) is 26.8 Å². The van der Waals surface area contributed by atoms with Gasteiger partial charge < -0.3 is 10.0 Å². The molecule has 1 aromatic rings. The minimum Gasteiger partial charge on any atom is -0.480 e. The molecule has 6 heteroatoms. The second kappa shape index (κ2) is 5.48. The molecular weight excluding hydrogens is 236 g/mol. The SMILES string of the molecule is Cc1c(N(CC(=O)O)C(C)C)cccc1[N+](=O)[O-]. The summed E-state index contributed by atoms with van der Waals surface area (Å²) in [5.41, 5.74) is 1.07. The molecule has 0 bridgehead atoms. The summed E-state index contributed by atoms with van der Waals surface area (Å²) >= 11 is 0. The summed E-state index contributed by atoms with van der Waals surface area (Å²) < 4.78 is 0. The quantitative estimate of drug-likeness (QED) is 0.641. The monoisotopic (exact) mass is 252 g/mol. The predicted octanol–water partition coefficient (Wildman–Crippen LogP) is 2.20. The zero-order chi connectivity index (χ0) is 13.9. The van der Waals surface area contributed by atoms with Gasteiger partial charge in [-0.3, -0.25) is 14.9 Å². The van der Waals surface area contributed by atoms with Gasteiger partial charge in [0.2, 0.25) is 0 Å². The van der Waals surface area contributed by atoms with Gasteiger partial charge in [-0.15, -0.1) is 0 Å². The molecule has 1 N–H and O–H groups in total. The molecular formula is C12H16N2O4. The van der Waals surface area contributed by atoms with E-state index >= 15 is 0 Å². The van der Waals surface area contributed by atoms with Crippen molar-refractivity contribution in [2.75, 3.05) is 11.4 Å². The van der Waals surface area contributed by atoms with Crippen LogP contribution >= 0.6 is 0 Å². The second-order valence-electron chi connectivity index (χ2n) is 4.29. The van der Waals surface area contributed by atoms with E-state index in [-0.39, 0.29) is 18.3 Å². The van der Waals surface area contributed by atoms with Gasteiger partial charge >= 0.3 is 5.97 Å². The van der Waals surface area contributed by atoms with Crippen LogP contribution in [0.25, 0.3) is 0 Å². The lowest BCUT2D eigenvalue weighted by Gasteiger charge is -2.28. The Bertz CT molecular complexity index is 471. The Balaban J connectivity index is 3.24. The molecule has 0 spiro atoms. The first-order valence-electron chi connectivity index (χ1n) is 5.57. The topological polar surface area (TPSA) is 83.7 Å². The summed E-state index contributed by atoms with van der Waals surface area (Å²) in [4.78, 5) is 22.9. The van der Waals surface area contributed by atoms with Gasteiger partial charge in [0.05, 0.1) is 10.5 Å². The Labute approximate surface area is 105 Å². The first-order valence-corrected chi connectivity index (χ1v) is 5.57. The highest BCUT2D eigenvalue weighted by Gasteiger charge is 2.20. The molecule has 0 saturated carbocycles. The van der Waals surface area contributed by atoms with E-state index in [1.807, 2.05) is 13.8 Å². The highest BCUT2D eigenvalue weighted by molar-refractivity contribution is 5.75. The van der Waals surface area contributed by atoms with Crippen LogP contribution in [0.15, 0.2) is 18.2 Å². The smallest absolute Gasteiger partial charge is 0.323 e. The van der Waals surface area contributed by atoms with Gasteiger partial charge in [0.1, 0.15) is 6.54 Å². The first-order chi connectivity index (χ1) is 8.34. The third-order valence-corrected chi connectivity index (χ3v) is 2.71. The number of benzene rings is 1. The average Bonchev–Trinajstić information content (AvgIpc) is 2.25. The number of carboxylic acid groups (broad SMARTS) is 1. The molecule has 0 aliphatic rings. The van der Waals surface area contributed by atoms with Crippen molar-refractivity contribution < 1.29 is 14.8 Å². The van der Waals surface area contributed by atoms with Crippen molar-refractivity contribution in [3.8, 4) is 0 Å². The van der Waals surface area contributed by atoms with Crippen LogP contribution in [-0.4, -0.2) is 28.6 Å². The summed E-state index contributed by atoms with van der Waals surface area (Å²) in [6, 6.07) is 4.63. The molecule has 0 radical (unpaired) electrons. The standard InChI is InChI=1S/C12H16N2O4/c1-8(2)13(7-12(15)16)10-5-4-6-11(9(10)3)14(17)18/h4-6,8H,7H2,1-3H3,(H,15,16). The molecule has 18 heavy (non-hydrogen) atoms. The Morgan fingerprint density at radius 2 is 2.11 bits per heavy atom. The number of rotatable bonds is 5. The molecule has 98 valence electrons. The van der Waals surface area contributed by atoms with E-state index in [9.17, 15) is 14.9 Å². The first kappa shape index (κ1) is 14.0. The summed E-state index contributed by atoms with van der Waals surface area (Å²) in [7, 11) is 0. The van der Waals surface area contributed by atoms with Crippen LogP contribution in [0.5, 0.6) is 0 Å². The van der Waals surface area contributed by atoms with Crippen LogP contribution in [-0.2, 0) is 4.79 Å². The third kappa shape index (κ3) is 2.97. The molecule has 0 fully saturated rings. The van der Waals surface area contributed by atoms with E-state index in [0.29, 0.717) is 11.3 Å². The molecule has 0 atom stereocenters. The highest BCUT2D eigenvalue weighted by atomic mass is 16.6. The van der Waals surface area contributed by atoms with Gasteiger partial charge in [0, 0.05) is 17.8 Å². The van der Waals surface area contributed by atoms with Crippen molar-refractivity contribution in [1.29, 1.82) is 0 Å². The summed E-state index contributed by atoms with van der Waals surface area (Å²) in [5.74, 6) is -0.963. The van der Waals surface area contributed by atoms with Crippen molar-refractivity contribution >= 4 is 17.3 Å². The normalized spacial score (nSPS) is 10.4. The summed E-state index contributed by atoms with van der Waals surface area (Å²) in [6.45, 7) is 5.15. The van der Waals surface area contributed by atoms with E-state index < -0.39 is 10.9 Å². The van der Waals surface area contributed by atoms with Crippen molar-refractivity contribution in [2.24, 2.45) is 0 Å². The van der Waals surface area contributed by atoms with E-state index in [0.717, 1.165) is 0 Å². The lowest BCUT2D eigenvalue weighted by molar-refractivity contribution is -0.385. The maximum Gasteiger partial charge on any atom is 0.323 e. The van der Waals surface area contributed by atoms with Gasteiger partial charge in [-0.2, -0.15) is 0 Å². The summed E-state index contributed by atoms with van der Waals surface area (Å²) in [6.07, 6.45) is 0. The predicted molar refractivity (Wildman–Crippen MR) is 68.0 cm³/mol. The molecule has 0 aromatic heterocycles. The molecule has 0 unspecified atom stereocenters. The fourth-order valence-electron chi connectivity index (χ4n) is 1.81. The van der Waals surface area contributed by atoms with Crippen molar-refractivity contribution in [1.82, 2.24) is 0 Å². The Morgan fingerprint density at radius 3 is 2.56 bits per heavy atom. The van der Waals surface area contributed by atoms with Crippen LogP contribution in [0.4, 0.5) is 11.4 Å². The lowest BCUT2D eigenvalue weighted by Crippen LogP contribution is -2.36. The van der Waals surface area contributed by atoms with Crippen LogP contribution in [0.3, 0.4) is 0 Å². The fraction of sp³-hybridized carbons (Fsp3) is 0.417. The largest absolute Gasteiger partial charge is 0.480 e. The van der Waals surface area contributed by atoms with Crippen LogP contribution in [0.1, 0.15) is 19.4 Å². The van der Waals surface area contributed by atoms with E-state index in [2.05, 4.69) is 0 Å². The Morgan fingerprint density at radius 1 is 1.50 bits per heavy atom. The van der Waals surface area contributed by atoms with Gasteiger partial charge in [0.15, 0.2) is 0 Å². The molecule has 1 rings (SSSR count). The zero-order valence-corrected chi connectivity index (χ0v) is 10.6. The van der Waals surface area contributed by atoms with E-state index in [1.54, 1.807) is 24.0 Å². The number of nitro benzene ring substituents is 1. The number of carboxylic acids is 1. The molecule has 6 nitrogen and oxygen atoms in total. The minimum atomic E-state index is -0.963. The molecule has 0 heterocycles. The van der Waals surface area contributed by atoms with E-state index in [4.69, 9.17) is 5.11 Å². The number of nitrogens with zero attached hydrogens (tertiary/aromatic N) is 2. The summed E-state index contributed by atoms with van der Waals surface area (Å²) in [5, 5.41) is 19.7. The number of carbonyl (C=O) groups is 1. The maximum atomic E-state index is 10.9. The second-order valence-corrected chi connectivity index (χ2v) is 4.29. The Kier molecular flexibility index (Phi) is 4.25. The zero-order valence-electron chi connectivity index (χ0n) is 10.6. The Hall–Kier alpha value is -2.11. The lowest BCUT2D eigenvalue weighted by atomic mass is 10.1. The number of hydrogen-bond donors (Lipinski definition) is 1. The average molecular weight is 252 g/mol.